The van der Waals surface area contributed by atoms with Gasteiger partial charge < -0.3 is 5.32 Å². The first-order valence-corrected chi connectivity index (χ1v) is 6.43. The van der Waals surface area contributed by atoms with E-state index in [1.807, 2.05) is 12.1 Å². The number of nitrogens with one attached hydrogen (secondary N) is 1. The van der Waals surface area contributed by atoms with Crippen molar-refractivity contribution in [2.45, 2.75) is 44.1 Å². The quantitative estimate of drug-likeness (QED) is 0.801. The minimum absolute atomic E-state index is 0.331. The third-order valence-electron chi connectivity index (χ3n) is 3.51. The summed E-state index contributed by atoms with van der Waals surface area (Å²) in [5.41, 5.74) is 1.93. The molecule has 3 nitrogen and oxygen atoms in total. The summed E-state index contributed by atoms with van der Waals surface area (Å²) in [6, 6.07) is 12.7. The average molecular weight is 239 g/mol. The molecule has 92 valence electrons. The molecule has 1 aliphatic rings. The van der Waals surface area contributed by atoms with Crippen LogP contribution in [0.3, 0.4) is 0 Å². The Balaban J connectivity index is 1.92. The molecule has 0 unspecified atom stereocenters. The van der Waals surface area contributed by atoms with Gasteiger partial charge >= 0.3 is 0 Å². The largest absolute Gasteiger partial charge is 0.367 e. The highest BCUT2D eigenvalue weighted by molar-refractivity contribution is 5.49. The van der Waals surface area contributed by atoms with Crippen molar-refractivity contribution >= 4 is 5.69 Å². The Morgan fingerprint density at radius 2 is 1.89 bits per heavy atom. The first kappa shape index (κ1) is 12.5. The van der Waals surface area contributed by atoms with E-state index in [1.54, 1.807) is 0 Å². The van der Waals surface area contributed by atoms with Gasteiger partial charge in [0.25, 0.3) is 0 Å². The Hall–Kier alpha value is -2.00. The fourth-order valence-electron chi connectivity index (χ4n) is 2.20. The summed E-state index contributed by atoms with van der Waals surface area (Å²) in [5.74, 6) is 0. The Bertz CT molecular complexity index is 472. The monoisotopic (exact) mass is 239 g/mol. The van der Waals surface area contributed by atoms with Gasteiger partial charge in [0.15, 0.2) is 0 Å². The van der Waals surface area contributed by atoms with E-state index in [2.05, 4.69) is 29.6 Å². The molecule has 0 aromatic heterocycles. The molecule has 1 saturated carbocycles. The highest BCUT2D eigenvalue weighted by Gasteiger charge is 2.36. The molecule has 0 bridgehead atoms. The van der Waals surface area contributed by atoms with Crippen LogP contribution < -0.4 is 5.32 Å². The topological polar surface area (TPSA) is 59.6 Å². The number of hydrogen-bond acceptors (Lipinski definition) is 3. The molecular weight excluding hydrogens is 222 g/mol. The highest BCUT2D eigenvalue weighted by atomic mass is 15.0. The minimum Gasteiger partial charge on any atom is -0.367 e. The summed E-state index contributed by atoms with van der Waals surface area (Å²) in [6.07, 6.45) is 5.47. The molecule has 0 radical (unpaired) electrons. The van der Waals surface area contributed by atoms with Gasteiger partial charge in [-0.1, -0.05) is 12.1 Å². The number of nitriles is 2. The van der Waals surface area contributed by atoms with Crippen LogP contribution in [0.1, 0.15) is 37.7 Å². The Morgan fingerprint density at radius 1 is 1.17 bits per heavy atom. The molecule has 0 amide bonds. The predicted octanol–water partition coefficient (Wildman–Crippen LogP) is 3.39. The van der Waals surface area contributed by atoms with Gasteiger partial charge in [-0.2, -0.15) is 10.5 Å². The fourth-order valence-corrected chi connectivity index (χ4v) is 2.20. The zero-order valence-corrected chi connectivity index (χ0v) is 10.4. The van der Waals surface area contributed by atoms with E-state index in [9.17, 15) is 0 Å². The van der Waals surface area contributed by atoms with Crippen LogP contribution in [0.5, 0.6) is 0 Å². The average Bonchev–Trinajstić information content (AvgIpc) is 2.36. The zero-order valence-electron chi connectivity index (χ0n) is 10.4. The van der Waals surface area contributed by atoms with E-state index in [0.717, 1.165) is 37.8 Å². The molecule has 1 aromatic carbocycles. The maximum absolute atomic E-state index is 9.15. The molecule has 0 aliphatic heterocycles. The molecule has 18 heavy (non-hydrogen) atoms. The molecule has 0 spiro atoms. The number of aryl methyl sites for hydroxylation is 1. The van der Waals surface area contributed by atoms with E-state index >= 15 is 0 Å². The molecule has 1 fully saturated rings. The first-order valence-electron chi connectivity index (χ1n) is 6.43. The standard InChI is InChI=1S/C15H17N3/c16-11-2-1-4-13-5-7-14(8-6-13)18-15(12-17)9-3-10-15/h5-8,18H,1-4,9-10H2. The van der Waals surface area contributed by atoms with Gasteiger partial charge in [-0.25, -0.2) is 0 Å². The maximum Gasteiger partial charge on any atom is 0.125 e. The maximum atomic E-state index is 9.15. The van der Waals surface area contributed by atoms with Crippen LogP contribution in [0.4, 0.5) is 5.69 Å². The van der Waals surface area contributed by atoms with Gasteiger partial charge in [0.05, 0.1) is 12.1 Å². The van der Waals surface area contributed by atoms with Crippen molar-refractivity contribution in [3.05, 3.63) is 29.8 Å². The molecule has 0 saturated heterocycles. The van der Waals surface area contributed by atoms with Gasteiger partial charge in [0.1, 0.15) is 5.54 Å². The van der Waals surface area contributed by atoms with E-state index in [4.69, 9.17) is 10.5 Å². The Morgan fingerprint density at radius 3 is 2.39 bits per heavy atom. The lowest BCUT2D eigenvalue weighted by Gasteiger charge is -2.36. The molecule has 1 aromatic rings. The molecule has 2 rings (SSSR count). The van der Waals surface area contributed by atoms with Crippen LogP contribution in [0.15, 0.2) is 24.3 Å². The lowest BCUT2D eigenvalue weighted by atomic mass is 9.78. The van der Waals surface area contributed by atoms with Crippen LogP contribution >= 0.6 is 0 Å². The van der Waals surface area contributed by atoms with E-state index < -0.39 is 0 Å². The Labute approximate surface area is 108 Å². The second-order valence-corrected chi connectivity index (χ2v) is 4.88. The first-order chi connectivity index (χ1) is 8.78. The van der Waals surface area contributed by atoms with Crippen molar-refractivity contribution < 1.29 is 0 Å². The molecular formula is C15H17N3. The third-order valence-corrected chi connectivity index (χ3v) is 3.51. The van der Waals surface area contributed by atoms with Gasteiger partial charge in [0, 0.05) is 12.1 Å². The lowest BCUT2D eigenvalue weighted by molar-refractivity contribution is 0.356. The summed E-state index contributed by atoms with van der Waals surface area (Å²) in [7, 11) is 0. The van der Waals surface area contributed by atoms with Gasteiger partial charge in [0.2, 0.25) is 0 Å². The number of nitrogens with zero attached hydrogens (tertiary/aromatic N) is 2. The SMILES string of the molecule is N#CCCCc1ccc(NC2(C#N)CCC2)cc1. The van der Waals surface area contributed by atoms with Gasteiger partial charge in [-0.3, -0.25) is 0 Å². The molecule has 0 atom stereocenters. The zero-order chi connectivity index (χ0) is 12.8. The number of benzene rings is 1. The normalized spacial score (nSPS) is 16.1. The van der Waals surface area contributed by atoms with Crippen LogP contribution in [0.2, 0.25) is 0 Å². The number of anilines is 1. The van der Waals surface area contributed by atoms with E-state index in [0.29, 0.717) is 6.42 Å². The van der Waals surface area contributed by atoms with Gasteiger partial charge in [-0.05, 0) is 49.8 Å². The van der Waals surface area contributed by atoms with Crippen molar-refractivity contribution in [3.63, 3.8) is 0 Å². The molecule has 1 N–H and O–H groups in total. The molecule has 0 heterocycles. The summed E-state index contributed by atoms with van der Waals surface area (Å²) < 4.78 is 0. The third kappa shape index (κ3) is 2.81. The number of hydrogen-bond donors (Lipinski definition) is 1. The van der Waals surface area contributed by atoms with Crippen LogP contribution in [-0.4, -0.2) is 5.54 Å². The highest BCUT2D eigenvalue weighted by Crippen LogP contribution is 2.34. The van der Waals surface area contributed by atoms with Crippen molar-refractivity contribution in [2.24, 2.45) is 0 Å². The Kier molecular flexibility index (Phi) is 3.85. The van der Waals surface area contributed by atoms with Crippen LogP contribution in [0, 0.1) is 22.7 Å². The van der Waals surface area contributed by atoms with Crippen molar-refractivity contribution in [3.8, 4) is 12.1 Å². The summed E-state index contributed by atoms with van der Waals surface area (Å²) in [5, 5.41) is 21.0. The van der Waals surface area contributed by atoms with Crippen LogP contribution in [0.25, 0.3) is 0 Å². The second-order valence-electron chi connectivity index (χ2n) is 4.88. The minimum atomic E-state index is -0.331. The smallest absolute Gasteiger partial charge is 0.125 e. The second kappa shape index (κ2) is 5.56. The fraction of sp³-hybridized carbons (Fsp3) is 0.467. The molecule has 1 aliphatic carbocycles. The molecule has 3 heteroatoms. The lowest BCUT2D eigenvalue weighted by Crippen LogP contribution is -2.43. The van der Waals surface area contributed by atoms with Gasteiger partial charge in [-0.15, -0.1) is 0 Å². The summed E-state index contributed by atoms with van der Waals surface area (Å²) in [6.45, 7) is 0. The van der Waals surface area contributed by atoms with Crippen LogP contribution in [-0.2, 0) is 6.42 Å². The van der Waals surface area contributed by atoms with E-state index in [1.165, 1.54) is 5.56 Å². The number of unbranched alkanes of at least 4 members (excludes halogenated alkanes) is 1. The summed E-state index contributed by atoms with van der Waals surface area (Å²) >= 11 is 0. The summed E-state index contributed by atoms with van der Waals surface area (Å²) in [4.78, 5) is 0. The van der Waals surface area contributed by atoms with E-state index in [-0.39, 0.29) is 5.54 Å². The van der Waals surface area contributed by atoms with Crippen molar-refractivity contribution in [1.29, 1.82) is 10.5 Å². The predicted molar refractivity (Wildman–Crippen MR) is 70.8 cm³/mol. The van der Waals surface area contributed by atoms with Crippen molar-refractivity contribution in [1.82, 2.24) is 0 Å². The number of rotatable bonds is 5. The van der Waals surface area contributed by atoms with Crippen molar-refractivity contribution in [2.75, 3.05) is 5.32 Å².